The van der Waals surface area contributed by atoms with Crippen LogP contribution in [0, 0.1) is 0 Å². The van der Waals surface area contributed by atoms with E-state index >= 15 is 0 Å². The number of nitrogens with one attached hydrogen (secondary N) is 2. The summed E-state index contributed by atoms with van der Waals surface area (Å²) in [7, 11) is -4.57. The highest BCUT2D eigenvalue weighted by molar-refractivity contribution is 7.85. The SMILES string of the molecule is O=S(=O)(O)c1c(-c2ccccc2)[nH]n(-c2ccccc2)[nH]n1-c1ccccc1. The zero-order valence-corrected chi connectivity index (χ0v) is 15.5. The minimum absolute atomic E-state index is 0.245. The van der Waals surface area contributed by atoms with E-state index in [9.17, 15) is 13.0 Å². The smallest absolute Gasteiger partial charge is 0.281 e. The molecule has 0 unspecified atom stereocenters. The fourth-order valence-corrected chi connectivity index (χ4v) is 3.73. The van der Waals surface area contributed by atoms with E-state index in [4.69, 9.17) is 0 Å². The van der Waals surface area contributed by atoms with Gasteiger partial charge in [0.25, 0.3) is 0 Å². The number of aromatic nitrogens is 4. The molecule has 1 aromatic heterocycles. The van der Waals surface area contributed by atoms with Gasteiger partial charge in [0.15, 0.2) is 0 Å². The first-order chi connectivity index (χ1) is 13.5. The van der Waals surface area contributed by atoms with Crippen LogP contribution in [0.5, 0.6) is 0 Å². The van der Waals surface area contributed by atoms with Crippen LogP contribution in [0.1, 0.15) is 0 Å². The molecule has 0 bridgehead atoms. The molecule has 1 heterocycles. The molecule has 0 fully saturated rings. The zero-order valence-electron chi connectivity index (χ0n) is 14.7. The lowest BCUT2D eigenvalue weighted by molar-refractivity contribution is 0.458. The maximum atomic E-state index is 12.4. The Morgan fingerprint density at radius 1 is 0.714 bits per heavy atom. The summed E-state index contributed by atoms with van der Waals surface area (Å²) in [5.41, 5.74) is 2.16. The van der Waals surface area contributed by atoms with Crippen LogP contribution in [0.3, 0.4) is 0 Å². The number of benzene rings is 3. The van der Waals surface area contributed by atoms with Gasteiger partial charge in [0, 0.05) is 5.56 Å². The summed E-state index contributed by atoms with van der Waals surface area (Å²) in [6.07, 6.45) is 0. The number of rotatable bonds is 4. The Kier molecular flexibility index (Phi) is 4.64. The van der Waals surface area contributed by atoms with Gasteiger partial charge in [-0.15, -0.1) is 0 Å². The second-order valence-electron chi connectivity index (χ2n) is 6.07. The standard InChI is InChI=1S/C20H18N4O3S/c25-28(26,27)20-19(16-10-4-1-5-11-16)21-24(18-14-8-3-9-15-18)22-23(20)17-12-6-2-7-13-17/h1-15,21-22H,(H,25,26,27). The highest BCUT2D eigenvalue weighted by Crippen LogP contribution is 2.26. The summed E-state index contributed by atoms with van der Waals surface area (Å²) in [6.45, 7) is 0. The van der Waals surface area contributed by atoms with Gasteiger partial charge in [0.1, 0.15) is 5.69 Å². The quantitative estimate of drug-likeness (QED) is 0.457. The molecule has 0 saturated carbocycles. The van der Waals surface area contributed by atoms with Gasteiger partial charge in [-0.05, 0) is 24.3 Å². The van der Waals surface area contributed by atoms with Gasteiger partial charge < -0.3 is 0 Å². The Hall–Kier alpha value is -3.49. The van der Waals surface area contributed by atoms with Crippen LogP contribution < -0.4 is 0 Å². The maximum Gasteiger partial charge on any atom is 0.314 e. The van der Waals surface area contributed by atoms with Gasteiger partial charge in [-0.2, -0.15) is 13.2 Å². The predicted molar refractivity (Wildman–Crippen MR) is 107 cm³/mol. The minimum atomic E-state index is -4.57. The minimum Gasteiger partial charge on any atom is -0.281 e. The lowest BCUT2D eigenvalue weighted by Crippen LogP contribution is -2.22. The van der Waals surface area contributed by atoms with Crippen LogP contribution in [-0.4, -0.2) is 32.8 Å². The van der Waals surface area contributed by atoms with Crippen molar-refractivity contribution in [3.05, 3.63) is 91.0 Å². The van der Waals surface area contributed by atoms with E-state index in [0.29, 0.717) is 11.3 Å². The van der Waals surface area contributed by atoms with Crippen LogP contribution in [0.4, 0.5) is 0 Å². The number of para-hydroxylation sites is 2. The first-order valence-electron chi connectivity index (χ1n) is 8.54. The maximum absolute atomic E-state index is 12.4. The highest BCUT2D eigenvalue weighted by Gasteiger charge is 2.24. The molecule has 3 N–H and O–H groups in total. The van der Waals surface area contributed by atoms with E-state index < -0.39 is 10.1 Å². The summed E-state index contributed by atoms with van der Waals surface area (Å²) < 4.78 is 36.1. The number of hydrogen-bond donors (Lipinski definition) is 3. The molecule has 7 nitrogen and oxygen atoms in total. The predicted octanol–water partition coefficient (Wildman–Crippen LogP) is 3.96. The molecule has 28 heavy (non-hydrogen) atoms. The van der Waals surface area contributed by atoms with Gasteiger partial charge >= 0.3 is 10.1 Å². The van der Waals surface area contributed by atoms with E-state index in [1.54, 1.807) is 53.3 Å². The number of nitrogens with zero attached hydrogens (tertiary/aromatic N) is 2. The summed E-state index contributed by atoms with van der Waals surface area (Å²) in [4.78, 5) is 1.59. The van der Waals surface area contributed by atoms with Crippen molar-refractivity contribution < 1.29 is 13.0 Å². The van der Waals surface area contributed by atoms with Crippen LogP contribution >= 0.6 is 0 Å². The molecular formula is C20H18N4O3S. The summed E-state index contributed by atoms with van der Waals surface area (Å²) in [6, 6.07) is 27.2. The van der Waals surface area contributed by atoms with Crippen LogP contribution in [0.15, 0.2) is 96.0 Å². The first-order valence-corrected chi connectivity index (χ1v) is 9.98. The van der Waals surface area contributed by atoms with Crippen molar-refractivity contribution in [3.63, 3.8) is 0 Å². The zero-order chi connectivity index (χ0) is 19.6. The average molecular weight is 394 g/mol. The monoisotopic (exact) mass is 394 g/mol. The summed E-state index contributed by atoms with van der Waals surface area (Å²) >= 11 is 0. The lowest BCUT2D eigenvalue weighted by Gasteiger charge is -2.20. The van der Waals surface area contributed by atoms with Crippen molar-refractivity contribution in [1.82, 2.24) is 19.8 Å². The van der Waals surface area contributed by atoms with E-state index in [2.05, 4.69) is 10.3 Å². The van der Waals surface area contributed by atoms with Crippen molar-refractivity contribution in [2.45, 2.75) is 5.03 Å². The van der Waals surface area contributed by atoms with Gasteiger partial charge in [-0.1, -0.05) is 66.7 Å². The second-order valence-corrected chi connectivity index (χ2v) is 7.41. The van der Waals surface area contributed by atoms with Crippen molar-refractivity contribution >= 4 is 10.1 Å². The van der Waals surface area contributed by atoms with Crippen molar-refractivity contribution in [2.24, 2.45) is 0 Å². The van der Waals surface area contributed by atoms with Gasteiger partial charge in [0.2, 0.25) is 5.03 Å². The third-order valence-corrected chi connectivity index (χ3v) is 5.05. The average Bonchev–Trinajstić information content (AvgIpc) is 2.74. The molecule has 142 valence electrons. The van der Waals surface area contributed by atoms with E-state index in [1.165, 1.54) is 4.68 Å². The van der Waals surface area contributed by atoms with Crippen molar-refractivity contribution in [3.8, 4) is 22.6 Å². The van der Waals surface area contributed by atoms with Gasteiger partial charge in [0.05, 0.1) is 11.4 Å². The van der Waals surface area contributed by atoms with Crippen LogP contribution in [0.2, 0.25) is 0 Å². The molecule has 0 radical (unpaired) electrons. The lowest BCUT2D eigenvalue weighted by atomic mass is 10.2. The number of hydrogen-bond acceptors (Lipinski definition) is 2. The molecule has 0 saturated heterocycles. The topological polar surface area (TPSA) is 95.8 Å². The molecule has 8 heteroatoms. The molecule has 0 aliphatic carbocycles. The number of aromatic amines is 2. The van der Waals surface area contributed by atoms with Crippen molar-refractivity contribution in [1.29, 1.82) is 0 Å². The normalized spacial score (nSPS) is 11.3. The highest BCUT2D eigenvalue weighted by atomic mass is 32.2. The first kappa shape index (κ1) is 17.9. The fraction of sp³-hybridized carbons (Fsp3) is 0. The Morgan fingerprint density at radius 2 is 1.21 bits per heavy atom. The van der Waals surface area contributed by atoms with Crippen LogP contribution in [-0.2, 0) is 10.1 Å². The second kappa shape index (κ2) is 7.26. The Morgan fingerprint density at radius 3 is 1.75 bits per heavy atom. The molecule has 0 aliphatic heterocycles. The van der Waals surface area contributed by atoms with Gasteiger partial charge in [-0.25, -0.2) is 9.90 Å². The number of H-pyrrole nitrogens is 2. The largest absolute Gasteiger partial charge is 0.314 e. The molecule has 4 rings (SSSR count). The molecule has 3 aromatic carbocycles. The summed E-state index contributed by atoms with van der Waals surface area (Å²) in [5, 5.41) is 5.77. The molecule has 0 atom stereocenters. The Balaban J connectivity index is 2.12. The van der Waals surface area contributed by atoms with E-state index in [-0.39, 0.29) is 10.7 Å². The molecule has 4 aromatic rings. The van der Waals surface area contributed by atoms with E-state index in [0.717, 1.165) is 5.69 Å². The van der Waals surface area contributed by atoms with E-state index in [1.807, 2.05) is 42.5 Å². The third-order valence-electron chi connectivity index (χ3n) is 4.18. The Bertz CT molecular complexity index is 1160. The molecular weight excluding hydrogens is 376 g/mol. The molecule has 0 aliphatic rings. The fourth-order valence-electron chi connectivity index (χ4n) is 2.93. The van der Waals surface area contributed by atoms with Gasteiger partial charge in [-0.3, -0.25) is 9.65 Å². The van der Waals surface area contributed by atoms with Crippen LogP contribution in [0.25, 0.3) is 22.6 Å². The third kappa shape index (κ3) is 3.51. The summed E-state index contributed by atoms with van der Waals surface area (Å²) in [5.74, 6) is 0. The van der Waals surface area contributed by atoms with Crippen molar-refractivity contribution in [2.75, 3.05) is 0 Å². The Labute approximate surface area is 161 Å². The molecule has 0 spiro atoms. The molecule has 0 amide bonds.